The molecule has 0 aliphatic carbocycles. The molecular formula is C14H12F3NO3. The molecule has 21 heavy (non-hydrogen) atoms. The van der Waals surface area contributed by atoms with Crippen molar-refractivity contribution in [1.29, 1.82) is 0 Å². The number of aromatic nitrogens is 1. The van der Waals surface area contributed by atoms with E-state index in [1.54, 1.807) is 0 Å². The van der Waals surface area contributed by atoms with E-state index in [2.05, 4.69) is 4.74 Å². The number of fused-ring (bicyclic) bond motifs is 1. The van der Waals surface area contributed by atoms with E-state index in [0.717, 1.165) is 18.2 Å². The Hall–Kier alpha value is -2.31. The van der Waals surface area contributed by atoms with Gasteiger partial charge in [-0.2, -0.15) is 13.2 Å². The monoisotopic (exact) mass is 299 g/mol. The molecule has 7 heteroatoms. The van der Waals surface area contributed by atoms with Crippen LogP contribution < -0.4 is 5.43 Å². The molecule has 0 radical (unpaired) electrons. The predicted molar refractivity (Wildman–Crippen MR) is 69.9 cm³/mol. The lowest BCUT2D eigenvalue weighted by molar-refractivity contribution is -0.144. The van der Waals surface area contributed by atoms with E-state index in [1.165, 1.54) is 30.9 Å². The van der Waals surface area contributed by atoms with Gasteiger partial charge < -0.3 is 9.30 Å². The van der Waals surface area contributed by atoms with E-state index in [4.69, 9.17) is 0 Å². The van der Waals surface area contributed by atoms with Crippen molar-refractivity contribution in [3.8, 4) is 0 Å². The van der Waals surface area contributed by atoms with Crippen LogP contribution in [0.25, 0.3) is 10.9 Å². The van der Waals surface area contributed by atoms with Gasteiger partial charge in [0, 0.05) is 17.6 Å². The molecule has 0 aliphatic heterocycles. The lowest BCUT2D eigenvalue weighted by Gasteiger charge is -2.17. The van der Waals surface area contributed by atoms with Crippen LogP contribution in [0.3, 0.4) is 0 Å². The van der Waals surface area contributed by atoms with Gasteiger partial charge in [0.25, 0.3) is 0 Å². The molecule has 0 fully saturated rings. The minimum atomic E-state index is -4.53. The van der Waals surface area contributed by atoms with Gasteiger partial charge in [0.2, 0.25) is 0 Å². The van der Waals surface area contributed by atoms with E-state index >= 15 is 0 Å². The highest BCUT2D eigenvalue weighted by Gasteiger charge is 2.31. The van der Waals surface area contributed by atoms with E-state index in [0.29, 0.717) is 0 Å². The fourth-order valence-corrected chi connectivity index (χ4v) is 2.07. The Bertz CT molecular complexity index is 749. The molecule has 0 aliphatic rings. The van der Waals surface area contributed by atoms with Gasteiger partial charge in [-0.1, -0.05) is 0 Å². The summed E-state index contributed by atoms with van der Waals surface area (Å²) in [6, 6.07) is 3.22. The number of benzene rings is 1. The highest BCUT2D eigenvalue weighted by atomic mass is 19.4. The molecule has 112 valence electrons. The Morgan fingerprint density at radius 1 is 1.29 bits per heavy atom. The number of alkyl halides is 3. The van der Waals surface area contributed by atoms with Crippen molar-refractivity contribution in [1.82, 2.24) is 4.57 Å². The van der Waals surface area contributed by atoms with Crippen molar-refractivity contribution in [2.45, 2.75) is 19.1 Å². The lowest BCUT2D eigenvalue weighted by Crippen LogP contribution is -2.20. The third-order valence-corrected chi connectivity index (χ3v) is 3.21. The normalized spacial score (nSPS) is 13.2. The van der Waals surface area contributed by atoms with Gasteiger partial charge in [-0.25, -0.2) is 4.79 Å². The van der Waals surface area contributed by atoms with Crippen LogP contribution in [0.2, 0.25) is 0 Å². The molecule has 1 heterocycles. The van der Waals surface area contributed by atoms with Gasteiger partial charge in [-0.05, 0) is 25.1 Å². The number of esters is 1. The molecular weight excluding hydrogens is 287 g/mol. The molecule has 1 aromatic carbocycles. The predicted octanol–water partition coefficient (Wildman–Crippen LogP) is 2.75. The van der Waals surface area contributed by atoms with Crippen LogP contribution in [0, 0.1) is 0 Å². The summed E-state index contributed by atoms with van der Waals surface area (Å²) in [4.78, 5) is 23.3. The van der Waals surface area contributed by atoms with Gasteiger partial charge in [-0.3, -0.25) is 4.79 Å². The minimum absolute atomic E-state index is 0.0944. The smallest absolute Gasteiger partial charge is 0.416 e. The largest absolute Gasteiger partial charge is 0.467 e. The maximum absolute atomic E-state index is 12.7. The standard InChI is InChI=1S/C14H12F3NO3/c1-8(13(20)21-2)18-6-5-12(19)10-7-9(14(15,16)17)3-4-11(10)18/h3-8H,1-2H3. The fraction of sp³-hybridized carbons (Fsp3) is 0.286. The number of rotatable bonds is 2. The van der Waals surface area contributed by atoms with Crippen molar-refractivity contribution in [3.05, 3.63) is 46.2 Å². The maximum atomic E-state index is 12.7. The molecule has 0 bridgehead atoms. The molecule has 0 spiro atoms. The molecule has 0 N–H and O–H groups in total. The van der Waals surface area contributed by atoms with Gasteiger partial charge in [0.1, 0.15) is 6.04 Å². The van der Waals surface area contributed by atoms with Crippen LogP contribution in [0.1, 0.15) is 18.5 Å². The molecule has 0 saturated heterocycles. The number of carbonyl (C=O) groups is 1. The second kappa shape index (κ2) is 5.23. The van der Waals surface area contributed by atoms with E-state index in [9.17, 15) is 22.8 Å². The third-order valence-electron chi connectivity index (χ3n) is 3.21. The molecule has 2 rings (SSSR count). The number of ether oxygens (including phenoxy) is 1. The van der Waals surface area contributed by atoms with E-state index in [1.807, 2.05) is 0 Å². The summed E-state index contributed by atoms with van der Waals surface area (Å²) in [5, 5.41) is -0.0944. The van der Waals surface area contributed by atoms with Gasteiger partial charge in [0.05, 0.1) is 18.2 Å². The second-order valence-electron chi connectivity index (χ2n) is 4.52. The summed E-state index contributed by atoms with van der Waals surface area (Å²) in [6.07, 6.45) is -3.17. The Morgan fingerprint density at radius 3 is 2.52 bits per heavy atom. The van der Waals surface area contributed by atoms with Gasteiger partial charge in [-0.15, -0.1) is 0 Å². The van der Waals surface area contributed by atoms with Crippen LogP contribution in [-0.2, 0) is 15.7 Å². The summed E-state index contributed by atoms with van der Waals surface area (Å²) in [7, 11) is 1.21. The molecule has 1 unspecified atom stereocenters. The second-order valence-corrected chi connectivity index (χ2v) is 4.52. The van der Waals surface area contributed by atoms with E-state index < -0.39 is 29.2 Å². The number of hydrogen-bond donors (Lipinski definition) is 0. The van der Waals surface area contributed by atoms with Crippen LogP contribution in [-0.4, -0.2) is 17.6 Å². The van der Waals surface area contributed by atoms with Crippen molar-refractivity contribution in [3.63, 3.8) is 0 Å². The molecule has 0 amide bonds. The molecule has 1 atom stereocenters. The van der Waals surface area contributed by atoms with Gasteiger partial charge >= 0.3 is 12.1 Å². The zero-order valence-electron chi connectivity index (χ0n) is 11.3. The Kier molecular flexibility index (Phi) is 3.76. The first-order valence-corrected chi connectivity index (χ1v) is 6.05. The summed E-state index contributed by atoms with van der Waals surface area (Å²) < 4.78 is 44.1. The molecule has 1 aromatic heterocycles. The highest BCUT2D eigenvalue weighted by molar-refractivity contribution is 5.82. The SMILES string of the molecule is COC(=O)C(C)n1ccc(=O)c2cc(C(F)(F)F)ccc21. The van der Waals surface area contributed by atoms with Crippen LogP contribution >= 0.6 is 0 Å². The first-order valence-electron chi connectivity index (χ1n) is 6.05. The Balaban J connectivity index is 2.69. The van der Waals surface area contributed by atoms with Gasteiger partial charge in [0.15, 0.2) is 5.43 Å². The molecule has 4 nitrogen and oxygen atoms in total. The minimum Gasteiger partial charge on any atom is -0.467 e. The van der Waals surface area contributed by atoms with Crippen molar-refractivity contribution < 1.29 is 22.7 Å². The highest BCUT2D eigenvalue weighted by Crippen LogP contribution is 2.31. The van der Waals surface area contributed by atoms with Crippen molar-refractivity contribution >= 4 is 16.9 Å². The first kappa shape index (κ1) is 15.1. The zero-order valence-corrected chi connectivity index (χ0v) is 11.3. The van der Waals surface area contributed by atoms with Crippen molar-refractivity contribution in [2.75, 3.05) is 7.11 Å². The average molecular weight is 299 g/mol. The summed E-state index contributed by atoms with van der Waals surface area (Å²) >= 11 is 0. The number of halogens is 3. The van der Waals surface area contributed by atoms with Crippen LogP contribution in [0.5, 0.6) is 0 Å². The maximum Gasteiger partial charge on any atom is 0.416 e. The fourth-order valence-electron chi connectivity index (χ4n) is 2.07. The Morgan fingerprint density at radius 2 is 1.95 bits per heavy atom. The number of nitrogens with zero attached hydrogens (tertiary/aromatic N) is 1. The third kappa shape index (κ3) is 2.76. The number of pyridine rings is 1. The van der Waals surface area contributed by atoms with E-state index in [-0.39, 0.29) is 10.9 Å². The summed E-state index contributed by atoms with van der Waals surface area (Å²) in [5.74, 6) is -0.556. The number of hydrogen-bond acceptors (Lipinski definition) is 3. The summed E-state index contributed by atoms with van der Waals surface area (Å²) in [6.45, 7) is 1.54. The quantitative estimate of drug-likeness (QED) is 0.801. The zero-order chi connectivity index (χ0) is 15.8. The molecule has 2 aromatic rings. The molecule has 0 saturated carbocycles. The van der Waals surface area contributed by atoms with Crippen molar-refractivity contribution in [2.24, 2.45) is 0 Å². The lowest BCUT2D eigenvalue weighted by atomic mass is 10.1. The number of methoxy groups -OCH3 is 1. The first-order chi connectivity index (χ1) is 9.75. The van der Waals surface area contributed by atoms with Crippen LogP contribution in [0.15, 0.2) is 35.3 Å². The Labute approximate surface area is 117 Å². The topological polar surface area (TPSA) is 48.3 Å². The number of carbonyl (C=O) groups excluding carboxylic acids is 1. The average Bonchev–Trinajstić information content (AvgIpc) is 2.45. The van der Waals surface area contributed by atoms with Crippen LogP contribution in [0.4, 0.5) is 13.2 Å². The summed E-state index contributed by atoms with van der Waals surface area (Å²) in [5.41, 5.74) is -1.20.